The maximum Gasteiger partial charge on any atom is 0.224 e. The highest BCUT2D eigenvalue weighted by Gasteiger charge is 2.17. The zero-order chi connectivity index (χ0) is 14.9. The first kappa shape index (κ1) is 19.2. The summed E-state index contributed by atoms with van der Waals surface area (Å²) in [4.78, 5) is 25.7. The molecule has 2 N–H and O–H groups in total. The first-order valence-electron chi connectivity index (χ1n) is 8.51. The van der Waals surface area contributed by atoms with Crippen molar-refractivity contribution in [2.45, 2.75) is 51.4 Å². The van der Waals surface area contributed by atoms with E-state index in [9.17, 15) is 9.59 Å². The second-order valence-electron chi connectivity index (χ2n) is 6.27. The lowest BCUT2D eigenvalue weighted by Gasteiger charge is -2.26. The van der Waals surface area contributed by atoms with Crippen molar-refractivity contribution in [2.24, 2.45) is 5.92 Å². The fourth-order valence-electron chi connectivity index (χ4n) is 3.20. The maximum absolute atomic E-state index is 12.0. The van der Waals surface area contributed by atoms with Crippen molar-refractivity contribution in [3.05, 3.63) is 0 Å². The van der Waals surface area contributed by atoms with Crippen LogP contribution in [0.15, 0.2) is 0 Å². The quantitative estimate of drug-likeness (QED) is 0.779. The summed E-state index contributed by atoms with van der Waals surface area (Å²) in [6.45, 7) is 4.43. The van der Waals surface area contributed by atoms with Crippen molar-refractivity contribution in [1.82, 2.24) is 15.5 Å². The van der Waals surface area contributed by atoms with Crippen LogP contribution in [0.2, 0.25) is 0 Å². The molecule has 0 aromatic carbocycles. The summed E-state index contributed by atoms with van der Waals surface area (Å²) in [5, 5.41) is 6.23. The van der Waals surface area contributed by atoms with Crippen LogP contribution >= 0.6 is 12.4 Å². The number of carbonyl (C=O) groups is 2. The van der Waals surface area contributed by atoms with Gasteiger partial charge in [-0.1, -0.05) is 0 Å². The van der Waals surface area contributed by atoms with Gasteiger partial charge in [-0.2, -0.15) is 0 Å². The average molecular weight is 332 g/mol. The lowest BCUT2D eigenvalue weighted by atomic mass is 9.93. The van der Waals surface area contributed by atoms with Crippen molar-refractivity contribution in [3.63, 3.8) is 0 Å². The summed E-state index contributed by atoms with van der Waals surface area (Å²) < 4.78 is 0. The van der Waals surface area contributed by atoms with E-state index in [4.69, 9.17) is 0 Å². The third-order valence-electron chi connectivity index (χ3n) is 4.61. The molecule has 0 saturated carbocycles. The monoisotopic (exact) mass is 331 g/mol. The molecular weight excluding hydrogens is 302 g/mol. The predicted octanol–water partition coefficient (Wildman–Crippen LogP) is 1.71. The molecule has 22 heavy (non-hydrogen) atoms. The summed E-state index contributed by atoms with van der Waals surface area (Å²) >= 11 is 0. The van der Waals surface area contributed by atoms with Crippen LogP contribution in [0.25, 0.3) is 0 Å². The van der Waals surface area contributed by atoms with E-state index in [-0.39, 0.29) is 24.2 Å². The molecule has 5 nitrogen and oxygen atoms in total. The molecule has 0 aromatic rings. The van der Waals surface area contributed by atoms with Crippen LogP contribution < -0.4 is 10.6 Å². The van der Waals surface area contributed by atoms with Crippen LogP contribution in [0, 0.1) is 5.92 Å². The van der Waals surface area contributed by atoms with E-state index in [0.29, 0.717) is 25.3 Å². The van der Waals surface area contributed by atoms with Crippen LogP contribution in [0.1, 0.15) is 51.4 Å². The van der Waals surface area contributed by atoms with Gasteiger partial charge in [-0.15, -0.1) is 12.4 Å². The van der Waals surface area contributed by atoms with Crippen LogP contribution in [0.5, 0.6) is 0 Å². The van der Waals surface area contributed by atoms with E-state index in [0.717, 1.165) is 45.4 Å². The van der Waals surface area contributed by atoms with Crippen molar-refractivity contribution in [3.8, 4) is 0 Å². The Morgan fingerprint density at radius 3 is 2.41 bits per heavy atom. The SMILES string of the molecule is Cl.O=C(CCC1CCNCC1)NCCC(=O)N1CCCCC1. The Labute approximate surface area is 140 Å². The fraction of sp³-hybridized carbons (Fsp3) is 0.875. The Balaban J connectivity index is 0.00000242. The van der Waals surface area contributed by atoms with E-state index >= 15 is 0 Å². The number of nitrogens with one attached hydrogen (secondary N) is 2. The largest absolute Gasteiger partial charge is 0.356 e. The number of hydrogen-bond donors (Lipinski definition) is 2. The minimum Gasteiger partial charge on any atom is -0.356 e. The molecule has 0 radical (unpaired) electrons. The topological polar surface area (TPSA) is 61.4 Å². The molecule has 128 valence electrons. The first-order chi connectivity index (χ1) is 10.3. The third-order valence-corrected chi connectivity index (χ3v) is 4.61. The van der Waals surface area contributed by atoms with Gasteiger partial charge in [-0.05, 0) is 57.5 Å². The molecule has 2 amide bonds. The lowest BCUT2D eigenvalue weighted by molar-refractivity contribution is -0.132. The molecular formula is C16H30ClN3O2. The van der Waals surface area contributed by atoms with Crippen molar-refractivity contribution < 1.29 is 9.59 Å². The van der Waals surface area contributed by atoms with E-state index in [1.807, 2.05) is 4.90 Å². The average Bonchev–Trinajstić information content (AvgIpc) is 2.54. The van der Waals surface area contributed by atoms with E-state index < -0.39 is 0 Å². The summed E-state index contributed by atoms with van der Waals surface area (Å²) in [5.41, 5.74) is 0. The number of amides is 2. The second kappa shape index (κ2) is 10.8. The minimum absolute atomic E-state index is 0. The van der Waals surface area contributed by atoms with Gasteiger partial charge in [0.15, 0.2) is 0 Å². The van der Waals surface area contributed by atoms with Gasteiger partial charge in [0.05, 0.1) is 0 Å². The summed E-state index contributed by atoms with van der Waals surface area (Å²) in [7, 11) is 0. The Morgan fingerprint density at radius 1 is 1.05 bits per heavy atom. The molecule has 6 heteroatoms. The molecule has 0 atom stereocenters. The van der Waals surface area contributed by atoms with Crippen molar-refractivity contribution >= 4 is 24.2 Å². The van der Waals surface area contributed by atoms with Crippen LogP contribution in [-0.2, 0) is 9.59 Å². The molecule has 2 aliphatic rings. The van der Waals surface area contributed by atoms with Gasteiger partial charge >= 0.3 is 0 Å². The number of piperidine rings is 2. The minimum atomic E-state index is 0. The Kier molecular flexibility index (Phi) is 9.48. The van der Waals surface area contributed by atoms with Gasteiger partial charge in [-0.25, -0.2) is 0 Å². The molecule has 2 saturated heterocycles. The standard InChI is InChI=1S/C16H29N3O2.ClH/c20-15(5-4-14-6-9-17-10-7-14)18-11-8-16(21)19-12-2-1-3-13-19;/h14,17H,1-13H2,(H,18,20);1H. The molecule has 0 bridgehead atoms. The number of rotatable bonds is 6. The van der Waals surface area contributed by atoms with Gasteiger partial charge < -0.3 is 15.5 Å². The van der Waals surface area contributed by atoms with E-state index in [2.05, 4.69) is 10.6 Å². The molecule has 2 fully saturated rings. The number of hydrogen-bond acceptors (Lipinski definition) is 3. The van der Waals surface area contributed by atoms with Crippen molar-refractivity contribution in [1.29, 1.82) is 0 Å². The number of nitrogens with zero attached hydrogens (tertiary/aromatic N) is 1. The smallest absolute Gasteiger partial charge is 0.224 e. The summed E-state index contributed by atoms with van der Waals surface area (Å²) in [6.07, 6.45) is 7.86. The van der Waals surface area contributed by atoms with Gasteiger partial charge in [0.25, 0.3) is 0 Å². The van der Waals surface area contributed by atoms with Crippen molar-refractivity contribution in [2.75, 3.05) is 32.7 Å². The van der Waals surface area contributed by atoms with Gasteiger partial charge in [0, 0.05) is 32.5 Å². The number of carbonyl (C=O) groups excluding carboxylic acids is 2. The molecule has 0 spiro atoms. The highest BCUT2D eigenvalue weighted by atomic mass is 35.5. The molecule has 0 aliphatic carbocycles. The molecule has 2 aliphatic heterocycles. The normalized spacial score (nSPS) is 19.4. The summed E-state index contributed by atoms with van der Waals surface area (Å²) in [6, 6.07) is 0. The molecule has 0 unspecified atom stereocenters. The number of halogens is 1. The Morgan fingerprint density at radius 2 is 1.73 bits per heavy atom. The van der Waals surface area contributed by atoms with E-state index in [1.54, 1.807) is 0 Å². The highest BCUT2D eigenvalue weighted by molar-refractivity contribution is 5.85. The van der Waals surface area contributed by atoms with Crippen LogP contribution in [-0.4, -0.2) is 49.4 Å². The first-order valence-corrected chi connectivity index (χ1v) is 8.51. The fourth-order valence-corrected chi connectivity index (χ4v) is 3.20. The maximum atomic E-state index is 12.0. The zero-order valence-corrected chi connectivity index (χ0v) is 14.3. The predicted molar refractivity (Wildman–Crippen MR) is 90.1 cm³/mol. The van der Waals surface area contributed by atoms with E-state index in [1.165, 1.54) is 19.3 Å². The van der Waals surface area contributed by atoms with Crippen LogP contribution in [0.4, 0.5) is 0 Å². The summed E-state index contributed by atoms with van der Waals surface area (Å²) in [5.74, 6) is 0.973. The van der Waals surface area contributed by atoms with Gasteiger partial charge in [0.2, 0.25) is 11.8 Å². The molecule has 2 rings (SSSR count). The zero-order valence-electron chi connectivity index (χ0n) is 13.4. The van der Waals surface area contributed by atoms with Crippen LogP contribution in [0.3, 0.4) is 0 Å². The third kappa shape index (κ3) is 6.97. The second-order valence-corrected chi connectivity index (χ2v) is 6.27. The number of likely N-dealkylation sites (tertiary alicyclic amines) is 1. The van der Waals surface area contributed by atoms with Gasteiger partial charge in [-0.3, -0.25) is 9.59 Å². The Hall–Kier alpha value is -0.810. The highest BCUT2D eigenvalue weighted by Crippen LogP contribution is 2.17. The Bertz CT molecular complexity index is 340. The lowest BCUT2D eigenvalue weighted by Crippen LogP contribution is -2.37. The molecule has 0 aromatic heterocycles. The molecule has 2 heterocycles. The van der Waals surface area contributed by atoms with Gasteiger partial charge in [0.1, 0.15) is 0 Å².